The molecule has 0 aliphatic carbocycles. The number of carbonyl (C=O) groups is 1. The molecular formula is C18H19BrO. The van der Waals surface area contributed by atoms with Crippen molar-refractivity contribution in [3.63, 3.8) is 0 Å². The van der Waals surface area contributed by atoms with Gasteiger partial charge in [0.2, 0.25) is 0 Å². The minimum atomic E-state index is 0.159. The van der Waals surface area contributed by atoms with Crippen molar-refractivity contribution in [2.24, 2.45) is 0 Å². The van der Waals surface area contributed by atoms with Gasteiger partial charge in [0.25, 0.3) is 0 Å². The van der Waals surface area contributed by atoms with Crippen LogP contribution in [0.3, 0.4) is 0 Å². The van der Waals surface area contributed by atoms with E-state index in [1.54, 1.807) is 0 Å². The van der Waals surface area contributed by atoms with Crippen LogP contribution in [0.2, 0.25) is 0 Å². The van der Waals surface area contributed by atoms with Crippen LogP contribution in [-0.2, 0) is 6.42 Å². The van der Waals surface area contributed by atoms with Gasteiger partial charge in [-0.05, 0) is 62.1 Å². The number of hydrogen-bond donors (Lipinski definition) is 0. The van der Waals surface area contributed by atoms with Gasteiger partial charge in [-0.25, -0.2) is 0 Å². The second-order valence-corrected chi connectivity index (χ2v) is 6.31. The normalized spacial score (nSPS) is 10.7. The van der Waals surface area contributed by atoms with E-state index >= 15 is 0 Å². The Balaban J connectivity index is 2.33. The van der Waals surface area contributed by atoms with E-state index in [-0.39, 0.29) is 5.78 Å². The molecule has 0 N–H and O–H groups in total. The third-order valence-electron chi connectivity index (χ3n) is 3.60. The van der Waals surface area contributed by atoms with Gasteiger partial charge in [0.1, 0.15) is 0 Å². The summed E-state index contributed by atoms with van der Waals surface area (Å²) in [4.78, 5) is 12.5. The lowest BCUT2D eigenvalue weighted by molar-refractivity contribution is 0.0992. The van der Waals surface area contributed by atoms with Gasteiger partial charge in [-0.15, -0.1) is 0 Å². The van der Waals surface area contributed by atoms with E-state index in [0.717, 1.165) is 21.2 Å². The predicted octanol–water partition coefficient (Wildman–Crippen LogP) is 5.11. The summed E-state index contributed by atoms with van der Waals surface area (Å²) in [7, 11) is 0. The highest BCUT2D eigenvalue weighted by Gasteiger charge is 2.14. The fourth-order valence-corrected chi connectivity index (χ4v) is 3.31. The Labute approximate surface area is 129 Å². The fourth-order valence-electron chi connectivity index (χ4n) is 2.59. The Hall–Kier alpha value is -1.41. The number of ketones is 1. The lowest BCUT2D eigenvalue weighted by atomic mass is 9.93. The van der Waals surface area contributed by atoms with Gasteiger partial charge < -0.3 is 0 Å². The first-order valence-corrected chi connectivity index (χ1v) is 7.54. The zero-order valence-electron chi connectivity index (χ0n) is 12.4. The molecule has 1 nitrogen and oxygen atoms in total. The lowest BCUT2D eigenvalue weighted by Crippen LogP contribution is -2.07. The Morgan fingerprint density at radius 2 is 1.55 bits per heavy atom. The van der Waals surface area contributed by atoms with Crippen LogP contribution in [-0.4, -0.2) is 5.78 Å². The van der Waals surface area contributed by atoms with E-state index in [4.69, 9.17) is 0 Å². The second-order valence-electron chi connectivity index (χ2n) is 5.46. The first-order chi connectivity index (χ1) is 9.38. The van der Waals surface area contributed by atoms with Crippen molar-refractivity contribution in [3.05, 3.63) is 68.2 Å². The highest BCUT2D eigenvalue weighted by Crippen LogP contribution is 2.23. The van der Waals surface area contributed by atoms with Crippen molar-refractivity contribution in [1.29, 1.82) is 0 Å². The topological polar surface area (TPSA) is 17.1 Å². The van der Waals surface area contributed by atoms with Crippen LogP contribution in [0.5, 0.6) is 0 Å². The van der Waals surface area contributed by atoms with Gasteiger partial charge >= 0.3 is 0 Å². The Morgan fingerprint density at radius 3 is 2.10 bits per heavy atom. The van der Waals surface area contributed by atoms with Gasteiger partial charge in [-0.1, -0.05) is 39.7 Å². The maximum Gasteiger partial charge on any atom is 0.168 e. The molecular weight excluding hydrogens is 312 g/mol. The molecule has 0 saturated carbocycles. The first-order valence-electron chi connectivity index (χ1n) is 6.74. The third-order valence-corrected chi connectivity index (χ3v) is 4.26. The quantitative estimate of drug-likeness (QED) is 0.715. The van der Waals surface area contributed by atoms with Crippen LogP contribution in [0, 0.1) is 27.7 Å². The van der Waals surface area contributed by atoms with Crippen LogP contribution in [0.1, 0.15) is 38.2 Å². The lowest BCUT2D eigenvalue weighted by Gasteiger charge is -2.11. The van der Waals surface area contributed by atoms with Crippen molar-refractivity contribution >= 4 is 21.7 Å². The molecule has 2 aromatic carbocycles. The zero-order valence-corrected chi connectivity index (χ0v) is 14.0. The zero-order chi connectivity index (χ0) is 14.9. The van der Waals surface area contributed by atoms with Gasteiger partial charge in [0.15, 0.2) is 5.78 Å². The minimum absolute atomic E-state index is 0.159. The maximum atomic E-state index is 12.5. The number of rotatable bonds is 3. The SMILES string of the molecule is Cc1cc(C)c(CC(=O)c2ccc(C)cc2Br)c(C)c1. The van der Waals surface area contributed by atoms with Crippen molar-refractivity contribution in [3.8, 4) is 0 Å². The third kappa shape index (κ3) is 3.18. The van der Waals surface area contributed by atoms with E-state index in [2.05, 4.69) is 48.8 Å². The second kappa shape index (κ2) is 5.92. The molecule has 0 spiro atoms. The molecule has 0 aliphatic heterocycles. The molecule has 0 atom stereocenters. The van der Waals surface area contributed by atoms with E-state index in [0.29, 0.717) is 6.42 Å². The molecule has 0 bridgehead atoms. The molecule has 0 aromatic heterocycles. The Morgan fingerprint density at radius 1 is 0.950 bits per heavy atom. The fraction of sp³-hybridized carbons (Fsp3) is 0.278. The molecule has 0 heterocycles. The van der Waals surface area contributed by atoms with E-state index in [1.165, 1.54) is 16.7 Å². The number of aryl methyl sites for hydroxylation is 4. The summed E-state index contributed by atoms with van der Waals surface area (Å²) in [5.74, 6) is 0.159. The van der Waals surface area contributed by atoms with Gasteiger partial charge in [0, 0.05) is 16.5 Å². The number of carbonyl (C=O) groups excluding carboxylic acids is 1. The molecule has 20 heavy (non-hydrogen) atoms. The van der Waals surface area contributed by atoms with E-state index in [1.807, 2.05) is 25.1 Å². The summed E-state index contributed by atoms with van der Waals surface area (Å²) < 4.78 is 0.880. The summed E-state index contributed by atoms with van der Waals surface area (Å²) in [5, 5.41) is 0. The summed E-state index contributed by atoms with van der Waals surface area (Å²) in [6.45, 7) is 8.26. The minimum Gasteiger partial charge on any atom is -0.294 e. The summed E-state index contributed by atoms with van der Waals surface area (Å²) in [6, 6.07) is 10.1. The van der Waals surface area contributed by atoms with Gasteiger partial charge in [0.05, 0.1) is 0 Å². The number of benzene rings is 2. The molecule has 0 unspecified atom stereocenters. The van der Waals surface area contributed by atoms with Crippen LogP contribution in [0.25, 0.3) is 0 Å². The Kier molecular flexibility index (Phi) is 4.44. The Bertz CT molecular complexity index is 648. The molecule has 2 rings (SSSR count). The summed E-state index contributed by atoms with van der Waals surface area (Å²) in [6.07, 6.45) is 0.458. The number of Topliss-reactive ketones (excluding diaryl/α,β-unsaturated/α-hetero) is 1. The molecule has 2 heteroatoms. The highest BCUT2D eigenvalue weighted by atomic mass is 79.9. The number of hydrogen-bond acceptors (Lipinski definition) is 1. The van der Waals surface area contributed by atoms with Crippen LogP contribution >= 0.6 is 15.9 Å². The molecule has 2 aromatic rings. The van der Waals surface area contributed by atoms with E-state index < -0.39 is 0 Å². The monoisotopic (exact) mass is 330 g/mol. The molecule has 0 aliphatic rings. The van der Waals surface area contributed by atoms with Crippen LogP contribution < -0.4 is 0 Å². The molecule has 0 amide bonds. The summed E-state index contributed by atoms with van der Waals surface area (Å²) >= 11 is 3.49. The van der Waals surface area contributed by atoms with E-state index in [9.17, 15) is 4.79 Å². The van der Waals surface area contributed by atoms with Crippen molar-refractivity contribution < 1.29 is 4.79 Å². The molecule has 0 radical (unpaired) electrons. The predicted molar refractivity (Wildman–Crippen MR) is 87.6 cm³/mol. The highest BCUT2D eigenvalue weighted by molar-refractivity contribution is 9.10. The first kappa shape index (κ1) is 15.0. The van der Waals surface area contributed by atoms with Crippen molar-refractivity contribution in [1.82, 2.24) is 0 Å². The average molecular weight is 331 g/mol. The summed E-state index contributed by atoms with van der Waals surface area (Å²) in [5.41, 5.74) is 6.69. The van der Waals surface area contributed by atoms with Crippen molar-refractivity contribution in [2.75, 3.05) is 0 Å². The standard InChI is InChI=1S/C18H19BrO/c1-11-5-6-15(17(19)9-11)18(20)10-16-13(3)7-12(2)8-14(16)4/h5-9H,10H2,1-4H3. The molecule has 0 saturated heterocycles. The smallest absolute Gasteiger partial charge is 0.168 e. The van der Waals surface area contributed by atoms with Crippen LogP contribution in [0.15, 0.2) is 34.8 Å². The van der Waals surface area contributed by atoms with Gasteiger partial charge in [-0.2, -0.15) is 0 Å². The largest absolute Gasteiger partial charge is 0.294 e. The number of halogens is 1. The molecule has 0 fully saturated rings. The maximum absolute atomic E-state index is 12.5. The molecule has 104 valence electrons. The van der Waals surface area contributed by atoms with Crippen molar-refractivity contribution in [2.45, 2.75) is 34.1 Å². The van der Waals surface area contributed by atoms with Gasteiger partial charge in [-0.3, -0.25) is 4.79 Å². The average Bonchev–Trinajstić information content (AvgIpc) is 2.33. The van der Waals surface area contributed by atoms with Crippen LogP contribution in [0.4, 0.5) is 0 Å².